The van der Waals surface area contributed by atoms with Crippen molar-refractivity contribution in [1.82, 2.24) is 4.90 Å². The highest BCUT2D eigenvalue weighted by atomic mass is 19.3. The first kappa shape index (κ1) is 22.1. The van der Waals surface area contributed by atoms with Gasteiger partial charge in [-0.15, -0.1) is 0 Å². The molecule has 1 amide bonds. The van der Waals surface area contributed by atoms with Gasteiger partial charge in [-0.2, -0.15) is 8.78 Å². The van der Waals surface area contributed by atoms with Crippen LogP contribution in [0.25, 0.3) is 0 Å². The number of alkyl halides is 4. The van der Waals surface area contributed by atoms with Gasteiger partial charge in [0.15, 0.2) is 6.61 Å². The molecule has 2 rings (SSSR count). The van der Waals surface area contributed by atoms with E-state index in [-0.39, 0.29) is 17.9 Å². The van der Waals surface area contributed by atoms with Crippen molar-refractivity contribution >= 4 is 6.09 Å². The fourth-order valence-electron chi connectivity index (χ4n) is 2.53. The maximum Gasteiger partial charge on any atom is 0.410 e. The van der Waals surface area contributed by atoms with E-state index >= 15 is 0 Å². The number of piperidine rings is 1. The Bertz CT molecular complexity index is 638. The lowest BCUT2D eigenvalue weighted by molar-refractivity contribution is -0.148. The molecule has 1 fully saturated rings. The summed E-state index contributed by atoms with van der Waals surface area (Å²) in [7, 11) is 0. The van der Waals surface area contributed by atoms with Crippen LogP contribution in [0.2, 0.25) is 0 Å². The average Bonchev–Trinajstić information content (AvgIpc) is 2.60. The van der Waals surface area contributed by atoms with Gasteiger partial charge in [0, 0.05) is 25.9 Å². The summed E-state index contributed by atoms with van der Waals surface area (Å²) in [5, 5.41) is 0. The zero-order valence-electron chi connectivity index (χ0n) is 16.1. The Morgan fingerprint density at radius 2 is 1.64 bits per heavy atom. The molecule has 0 aromatic heterocycles. The van der Waals surface area contributed by atoms with Crippen LogP contribution in [-0.2, 0) is 4.74 Å². The largest absolute Gasteiger partial charge is 0.490 e. The molecule has 0 saturated carbocycles. The molecule has 0 unspecified atom stereocenters. The Morgan fingerprint density at radius 1 is 1.11 bits per heavy atom. The molecule has 0 atom stereocenters. The molecule has 1 saturated heterocycles. The predicted octanol–water partition coefficient (Wildman–Crippen LogP) is 4.74. The number of carbonyl (C=O) groups excluding carboxylic acids is 1. The van der Waals surface area contributed by atoms with Crippen molar-refractivity contribution in [3.8, 4) is 11.5 Å². The van der Waals surface area contributed by atoms with Crippen molar-refractivity contribution in [2.75, 3.05) is 19.7 Å². The average molecular weight is 407 g/mol. The molecule has 1 aromatic carbocycles. The Hall–Kier alpha value is -2.19. The number of likely N-dealkylation sites (tertiary alicyclic amines) is 1. The monoisotopic (exact) mass is 407 g/mol. The number of hydrogen-bond donors (Lipinski definition) is 0. The summed E-state index contributed by atoms with van der Waals surface area (Å²) in [6.07, 6.45) is -2.99. The molecule has 28 heavy (non-hydrogen) atoms. The van der Waals surface area contributed by atoms with Crippen molar-refractivity contribution in [2.45, 2.75) is 57.7 Å². The van der Waals surface area contributed by atoms with Crippen molar-refractivity contribution in [3.63, 3.8) is 0 Å². The van der Waals surface area contributed by atoms with E-state index in [2.05, 4.69) is 0 Å². The van der Waals surface area contributed by atoms with Gasteiger partial charge in [0.1, 0.15) is 23.2 Å². The maximum atomic E-state index is 12.9. The van der Waals surface area contributed by atoms with Crippen LogP contribution in [0, 0.1) is 0 Å². The Morgan fingerprint density at radius 3 is 2.14 bits per heavy atom. The summed E-state index contributed by atoms with van der Waals surface area (Å²) in [6.45, 7) is 5.04. The maximum absolute atomic E-state index is 12.9. The minimum atomic E-state index is -4.20. The van der Waals surface area contributed by atoms with Crippen molar-refractivity contribution in [1.29, 1.82) is 0 Å². The summed E-state index contributed by atoms with van der Waals surface area (Å²) < 4.78 is 65.8. The third-order valence-corrected chi connectivity index (χ3v) is 3.97. The minimum absolute atomic E-state index is 0.0485. The number of carbonyl (C=O) groups is 1. The SMILES string of the molecule is CC(C)(C)OC(=O)N1CCC(Oc2ccc(OCC(F)(F)C(F)F)cc2)CC1. The summed E-state index contributed by atoms with van der Waals surface area (Å²) in [4.78, 5) is 13.7. The second-order valence-electron chi connectivity index (χ2n) is 7.61. The van der Waals surface area contributed by atoms with Gasteiger partial charge in [0.25, 0.3) is 0 Å². The van der Waals surface area contributed by atoms with Gasteiger partial charge >= 0.3 is 18.4 Å². The highest BCUT2D eigenvalue weighted by Crippen LogP contribution is 2.26. The Kier molecular flexibility index (Phi) is 7.01. The summed E-state index contributed by atoms with van der Waals surface area (Å²) in [6, 6.07) is 5.81. The number of halogens is 4. The molecule has 1 aliphatic rings. The molecule has 158 valence electrons. The molecule has 0 bridgehead atoms. The molecule has 1 aromatic rings. The van der Waals surface area contributed by atoms with E-state index in [0.29, 0.717) is 31.7 Å². The highest BCUT2D eigenvalue weighted by Gasteiger charge is 2.41. The van der Waals surface area contributed by atoms with Crippen molar-refractivity contribution < 1.29 is 36.6 Å². The molecule has 9 heteroatoms. The van der Waals surface area contributed by atoms with E-state index in [0.717, 1.165) is 0 Å². The van der Waals surface area contributed by atoms with Gasteiger partial charge in [0.2, 0.25) is 0 Å². The van der Waals surface area contributed by atoms with Crippen LogP contribution in [0.1, 0.15) is 33.6 Å². The Balaban J connectivity index is 1.78. The van der Waals surface area contributed by atoms with E-state index < -0.39 is 24.6 Å². The lowest BCUT2D eigenvalue weighted by Crippen LogP contribution is -2.44. The zero-order valence-corrected chi connectivity index (χ0v) is 16.1. The van der Waals surface area contributed by atoms with E-state index in [1.165, 1.54) is 24.3 Å². The van der Waals surface area contributed by atoms with Crippen LogP contribution in [0.4, 0.5) is 22.4 Å². The number of hydrogen-bond acceptors (Lipinski definition) is 4. The van der Waals surface area contributed by atoms with E-state index in [4.69, 9.17) is 14.2 Å². The Labute approximate surface area is 161 Å². The van der Waals surface area contributed by atoms with Gasteiger partial charge in [-0.05, 0) is 45.0 Å². The first-order valence-electron chi connectivity index (χ1n) is 9.00. The zero-order chi connectivity index (χ0) is 20.9. The molecule has 0 aliphatic carbocycles. The van der Waals surface area contributed by atoms with E-state index in [1.807, 2.05) is 20.8 Å². The summed E-state index contributed by atoms with van der Waals surface area (Å²) in [5.74, 6) is -3.65. The molecule has 5 nitrogen and oxygen atoms in total. The van der Waals surface area contributed by atoms with Gasteiger partial charge in [0.05, 0.1) is 0 Å². The summed E-state index contributed by atoms with van der Waals surface area (Å²) in [5.41, 5.74) is -0.548. The van der Waals surface area contributed by atoms with Crippen LogP contribution in [0.5, 0.6) is 11.5 Å². The number of nitrogens with zero attached hydrogens (tertiary/aromatic N) is 1. The molecule has 0 spiro atoms. The number of rotatable bonds is 6. The molecule has 0 N–H and O–H groups in total. The number of benzene rings is 1. The lowest BCUT2D eigenvalue weighted by Gasteiger charge is -2.33. The van der Waals surface area contributed by atoms with Gasteiger partial charge in [-0.1, -0.05) is 0 Å². The van der Waals surface area contributed by atoms with Crippen LogP contribution in [-0.4, -0.2) is 54.7 Å². The predicted molar refractivity (Wildman–Crippen MR) is 94.3 cm³/mol. The van der Waals surface area contributed by atoms with E-state index in [9.17, 15) is 22.4 Å². The van der Waals surface area contributed by atoms with Crippen LogP contribution in [0.15, 0.2) is 24.3 Å². The van der Waals surface area contributed by atoms with Crippen molar-refractivity contribution in [2.24, 2.45) is 0 Å². The molecular weight excluding hydrogens is 382 g/mol. The fraction of sp³-hybridized carbons (Fsp3) is 0.632. The van der Waals surface area contributed by atoms with Crippen LogP contribution in [0.3, 0.4) is 0 Å². The molecular formula is C19H25F4NO4. The van der Waals surface area contributed by atoms with Gasteiger partial charge in [-0.25, -0.2) is 13.6 Å². The standard InChI is InChI=1S/C19H25F4NO4/c1-18(2,3)28-17(25)24-10-8-15(9-11-24)27-14-6-4-13(5-7-14)26-12-19(22,23)16(20)21/h4-7,15-16H,8-12H2,1-3H3. The quantitative estimate of drug-likeness (QED) is 0.639. The third kappa shape index (κ3) is 6.76. The second kappa shape index (κ2) is 8.87. The highest BCUT2D eigenvalue weighted by molar-refractivity contribution is 5.68. The number of ether oxygens (including phenoxy) is 3. The first-order chi connectivity index (χ1) is 13.0. The summed E-state index contributed by atoms with van der Waals surface area (Å²) >= 11 is 0. The lowest BCUT2D eigenvalue weighted by atomic mass is 10.1. The minimum Gasteiger partial charge on any atom is -0.490 e. The number of amides is 1. The molecule has 1 aliphatic heterocycles. The van der Waals surface area contributed by atoms with Crippen molar-refractivity contribution in [3.05, 3.63) is 24.3 Å². The van der Waals surface area contributed by atoms with Crippen LogP contribution < -0.4 is 9.47 Å². The third-order valence-electron chi connectivity index (χ3n) is 3.97. The molecule has 0 radical (unpaired) electrons. The smallest absolute Gasteiger partial charge is 0.410 e. The fourth-order valence-corrected chi connectivity index (χ4v) is 2.53. The van der Waals surface area contributed by atoms with Gasteiger partial charge in [-0.3, -0.25) is 0 Å². The van der Waals surface area contributed by atoms with E-state index in [1.54, 1.807) is 4.90 Å². The van der Waals surface area contributed by atoms with Gasteiger partial charge < -0.3 is 19.1 Å². The second-order valence-corrected chi connectivity index (χ2v) is 7.61. The molecule has 1 heterocycles. The normalized spacial score (nSPS) is 16.2. The topological polar surface area (TPSA) is 48.0 Å². The van der Waals surface area contributed by atoms with Crippen LogP contribution >= 0.6 is 0 Å². The first-order valence-corrected chi connectivity index (χ1v) is 9.00.